The maximum Gasteiger partial charge on any atom is 0.318 e. The maximum absolute atomic E-state index is 6.47. The van der Waals surface area contributed by atoms with Crippen LogP contribution in [0.15, 0.2) is 36.4 Å². The summed E-state index contributed by atoms with van der Waals surface area (Å²) in [6, 6.07) is 13.8. The number of nitrogens with zero attached hydrogens (tertiary/aromatic N) is 8. The van der Waals surface area contributed by atoms with E-state index in [2.05, 4.69) is 82.2 Å². The van der Waals surface area contributed by atoms with Gasteiger partial charge in [0.05, 0.1) is 18.8 Å². The quantitative estimate of drug-likeness (QED) is 0.298. The Morgan fingerprint density at radius 1 is 1.05 bits per heavy atom. The Morgan fingerprint density at radius 2 is 1.86 bits per heavy atom. The van der Waals surface area contributed by atoms with Crippen molar-refractivity contribution in [1.82, 2.24) is 29.6 Å². The maximum atomic E-state index is 6.47. The van der Waals surface area contributed by atoms with E-state index in [1.807, 2.05) is 7.05 Å². The predicted molar refractivity (Wildman–Crippen MR) is 175 cm³/mol. The Morgan fingerprint density at radius 3 is 2.59 bits per heavy atom. The van der Waals surface area contributed by atoms with Gasteiger partial charge >= 0.3 is 6.01 Å². The van der Waals surface area contributed by atoms with E-state index in [4.69, 9.17) is 20.4 Å². The van der Waals surface area contributed by atoms with Crippen molar-refractivity contribution in [2.45, 2.75) is 57.9 Å². The molecular weight excluding hydrogens is 550 g/mol. The number of anilines is 3. The highest BCUT2D eigenvalue weighted by Gasteiger charge is 2.44. The monoisotopic (exact) mass is 595 g/mol. The van der Waals surface area contributed by atoms with Gasteiger partial charge in [-0.15, -0.1) is 0 Å². The van der Waals surface area contributed by atoms with Gasteiger partial charge in [-0.2, -0.15) is 20.1 Å². The number of fused-ring (bicyclic) bond motifs is 2. The lowest BCUT2D eigenvalue weighted by Crippen LogP contribution is -2.39. The van der Waals surface area contributed by atoms with E-state index in [-0.39, 0.29) is 11.3 Å². The summed E-state index contributed by atoms with van der Waals surface area (Å²) in [4.78, 5) is 22.0. The molecule has 4 heterocycles. The first kappa shape index (κ1) is 28.8. The van der Waals surface area contributed by atoms with Crippen molar-refractivity contribution >= 4 is 28.2 Å². The van der Waals surface area contributed by atoms with Crippen molar-refractivity contribution in [3.63, 3.8) is 0 Å². The topological polar surface area (TPSA) is 101 Å². The largest absolute Gasteiger partial charge is 0.463 e. The van der Waals surface area contributed by atoms with Crippen LogP contribution in [0.25, 0.3) is 10.8 Å². The van der Waals surface area contributed by atoms with E-state index in [9.17, 15) is 0 Å². The number of aryl methyl sites for hydroxylation is 2. The highest BCUT2D eigenvalue weighted by Crippen LogP contribution is 2.46. The molecule has 44 heavy (non-hydrogen) atoms. The smallest absolute Gasteiger partial charge is 0.318 e. The summed E-state index contributed by atoms with van der Waals surface area (Å²) in [6.07, 6.45) is 6.35. The lowest BCUT2D eigenvalue weighted by molar-refractivity contribution is 0.182. The second-order valence-corrected chi connectivity index (χ2v) is 13.3. The molecule has 1 saturated heterocycles. The summed E-state index contributed by atoms with van der Waals surface area (Å²) in [5, 5.41) is 7.27. The van der Waals surface area contributed by atoms with Crippen molar-refractivity contribution in [3.05, 3.63) is 59.0 Å². The van der Waals surface area contributed by atoms with Gasteiger partial charge < -0.3 is 25.2 Å². The van der Waals surface area contributed by atoms with Crippen molar-refractivity contribution < 1.29 is 4.74 Å². The highest BCUT2D eigenvalue weighted by atomic mass is 16.5. The first-order valence-electron chi connectivity index (χ1n) is 16.2. The molecule has 0 radical (unpaired) electrons. The van der Waals surface area contributed by atoms with Gasteiger partial charge in [-0.3, -0.25) is 0 Å². The van der Waals surface area contributed by atoms with Crippen molar-refractivity contribution in [1.29, 1.82) is 0 Å². The van der Waals surface area contributed by atoms with Crippen LogP contribution in [0.5, 0.6) is 6.01 Å². The molecule has 3 aliphatic rings. The number of ether oxygens (including phenoxy) is 1. The predicted octanol–water partition coefficient (Wildman–Crippen LogP) is 4.57. The molecule has 2 fully saturated rings. The Labute approximate surface area is 260 Å². The first-order chi connectivity index (χ1) is 21.3. The Kier molecular flexibility index (Phi) is 7.56. The van der Waals surface area contributed by atoms with Crippen LogP contribution in [0.1, 0.15) is 61.2 Å². The number of nitrogen functional groups attached to an aromatic ring is 1. The third kappa shape index (κ3) is 5.56. The van der Waals surface area contributed by atoms with Gasteiger partial charge in [-0.25, -0.2) is 4.68 Å². The molecule has 0 bridgehead atoms. The molecule has 2 N–H and O–H groups in total. The fourth-order valence-electron chi connectivity index (χ4n) is 7.26. The van der Waals surface area contributed by atoms with Crippen LogP contribution in [0.2, 0.25) is 0 Å². The molecular formula is C34H45N9O. The summed E-state index contributed by atoms with van der Waals surface area (Å²) in [6.45, 7) is 7.31. The zero-order valence-corrected chi connectivity index (χ0v) is 26.6. The number of hydrogen-bond acceptors (Lipinski definition) is 9. The Hall–Kier alpha value is -3.92. The average Bonchev–Trinajstić information content (AvgIpc) is 3.71. The highest BCUT2D eigenvalue weighted by molar-refractivity contribution is 5.97. The summed E-state index contributed by atoms with van der Waals surface area (Å²) < 4.78 is 8.14. The lowest BCUT2D eigenvalue weighted by atomic mass is 9.95. The Balaban J connectivity index is 1.23. The standard InChI is InChI=1S/C34H45N9O/c1-5-23-9-6-10-24-11-7-13-28(29(23)24)42-18-14-26-27(20-42)36-33(44-22-34(15-16-34)21-40(2)3)38-31(26)43-17-8-12-25(19-43)30-37-32(35)41(4)39-30/h6-7,9-11,13,25H,5,8,12,14-22H2,1-4H3,(H2,35,37,39). The fourth-order valence-corrected chi connectivity index (χ4v) is 7.26. The summed E-state index contributed by atoms with van der Waals surface area (Å²) in [5.41, 5.74) is 11.2. The molecule has 10 heteroatoms. The zero-order valence-electron chi connectivity index (χ0n) is 26.6. The zero-order chi connectivity index (χ0) is 30.4. The number of rotatable bonds is 9. The molecule has 1 atom stereocenters. The van der Waals surface area contributed by atoms with Gasteiger partial charge in [0, 0.05) is 61.2 Å². The number of benzene rings is 2. The van der Waals surface area contributed by atoms with Gasteiger partial charge in [0.2, 0.25) is 5.95 Å². The van der Waals surface area contributed by atoms with Gasteiger partial charge in [0.15, 0.2) is 5.82 Å². The van der Waals surface area contributed by atoms with E-state index in [0.29, 0.717) is 18.6 Å². The second-order valence-electron chi connectivity index (χ2n) is 13.3. The van der Waals surface area contributed by atoms with Crippen LogP contribution in [0, 0.1) is 5.41 Å². The van der Waals surface area contributed by atoms with E-state index >= 15 is 0 Å². The normalized spacial score (nSPS) is 19.4. The van der Waals surface area contributed by atoms with Crippen LogP contribution in [0.4, 0.5) is 17.5 Å². The molecule has 10 nitrogen and oxygen atoms in total. The average molecular weight is 596 g/mol. The molecule has 1 aliphatic carbocycles. The van der Waals surface area contributed by atoms with Gasteiger partial charge in [-0.05, 0) is 69.6 Å². The van der Waals surface area contributed by atoms with Crippen LogP contribution >= 0.6 is 0 Å². The number of hydrogen-bond donors (Lipinski definition) is 1. The minimum atomic E-state index is 0.204. The van der Waals surface area contributed by atoms with E-state index in [0.717, 1.165) is 75.7 Å². The molecule has 0 amide bonds. The van der Waals surface area contributed by atoms with E-state index < -0.39 is 0 Å². The number of nitrogens with two attached hydrogens (primary N) is 1. The van der Waals surface area contributed by atoms with Crippen molar-refractivity contribution in [2.75, 3.05) is 62.4 Å². The summed E-state index contributed by atoms with van der Waals surface area (Å²) in [5.74, 6) is 2.50. The molecule has 2 aromatic carbocycles. The molecule has 4 aromatic rings. The first-order valence-corrected chi connectivity index (χ1v) is 16.2. The molecule has 2 aliphatic heterocycles. The number of piperidine rings is 1. The Bertz CT molecular complexity index is 1640. The molecule has 232 valence electrons. The van der Waals surface area contributed by atoms with Crippen molar-refractivity contribution in [2.24, 2.45) is 12.5 Å². The van der Waals surface area contributed by atoms with Crippen LogP contribution in [-0.2, 0) is 26.4 Å². The summed E-state index contributed by atoms with van der Waals surface area (Å²) in [7, 11) is 6.12. The van der Waals surface area contributed by atoms with Gasteiger partial charge in [0.25, 0.3) is 0 Å². The van der Waals surface area contributed by atoms with Crippen LogP contribution in [-0.4, -0.2) is 76.5 Å². The third-order valence-corrected chi connectivity index (χ3v) is 9.73. The molecule has 0 spiro atoms. The molecule has 1 unspecified atom stereocenters. The van der Waals surface area contributed by atoms with Gasteiger partial charge in [-0.1, -0.05) is 37.3 Å². The molecule has 7 rings (SSSR count). The van der Waals surface area contributed by atoms with Crippen LogP contribution in [0.3, 0.4) is 0 Å². The molecule has 2 aromatic heterocycles. The number of aromatic nitrogens is 5. The lowest BCUT2D eigenvalue weighted by Gasteiger charge is -2.37. The SMILES string of the molecule is CCc1cccc2cccc(N3CCc4c(nc(OCC5(CN(C)C)CC5)nc4N4CCCC(c5nc(N)n(C)n5)C4)C3)c12. The van der Waals surface area contributed by atoms with E-state index in [1.54, 1.807) is 4.68 Å². The van der Waals surface area contributed by atoms with Gasteiger partial charge in [0.1, 0.15) is 5.82 Å². The van der Waals surface area contributed by atoms with E-state index in [1.165, 1.54) is 40.4 Å². The van der Waals surface area contributed by atoms with Crippen LogP contribution < -0.4 is 20.3 Å². The van der Waals surface area contributed by atoms with Crippen molar-refractivity contribution in [3.8, 4) is 6.01 Å². The summed E-state index contributed by atoms with van der Waals surface area (Å²) >= 11 is 0. The minimum Gasteiger partial charge on any atom is -0.463 e. The minimum absolute atomic E-state index is 0.204. The molecule has 1 saturated carbocycles. The third-order valence-electron chi connectivity index (χ3n) is 9.73. The second kappa shape index (κ2) is 11.5. The fraction of sp³-hybridized carbons (Fsp3) is 0.529.